The van der Waals surface area contributed by atoms with E-state index in [1.807, 2.05) is 32.0 Å². The van der Waals surface area contributed by atoms with Crippen molar-refractivity contribution in [3.05, 3.63) is 64.4 Å². The van der Waals surface area contributed by atoms with Gasteiger partial charge >= 0.3 is 0 Å². The highest BCUT2D eigenvalue weighted by molar-refractivity contribution is 6.31. The quantitative estimate of drug-likeness (QED) is 0.847. The molecular weight excluding hydrogens is 289 g/mol. The van der Waals surface area contributed by atoms with Crippen LogP contribution in [0, 0.1) is 12.7 Å². The van der Waals surface area contributed by atoms with Gasteiger partial charge in [-0.1, -0.05) is 36.7 Å². The van der Waals surface area contributed by atoms with Gasteiger partial charge in [-0.3, -0.25) is 0 Å². The van der Waals surface area contributed by atoms with Crippen molar-refractivity contribution in [2.24, 2.45) is 0 Å². The van der Waals surface area contributed by atoms with Gasteiger partial charge in [0, 0.05) is 10.6 Å². The predicted molar refractivity (Wildman–Crippen MR) is 84.5 cm³/mol. The number of aryl methyl sites for hydroxylation is 1. The summed E-state index contributed by atoms with van der Waals surface area (Å²) in [5.41, 5.74) is 1.57. The van der Waals surface area contributed by atoms with Gasteiger partial charge in [0.2, 0.25) is 0 Å². The summed E-state index contributed by atoms with van der Waals surface area (Å²) in [4.78, 5) is 0. The molecule has 21 heavy (non-hydrogen) atoms. The van der Waals surface area contributed by atoms with Crippen LogP contribution >= 0.6 is 11.6 Å². The summed E-state index contributed by atoms with van der Waals surface area (Å²) < 4.78 is 19.7. The van der Waals surface area contributed by atoms with Crippen molar-refractivity contribution >= 4 is 11.6 Å². The Hall–Kier alpha value is -1.58. The molecule has 0 saturated carbocycles. The molecule has 0 bridgehead atoms. The van der Waals surface area contributed by atoms with E-state index in [1.165, 1.54) is 6.07 Å². The molecule has 1 N–H and O–H groups in total. The Kier molecular flexibility index (Phi) is 5.59. The predicted octanol–water partition coefficient (Wildman–Crippen LogP) is 4.52. The van der Waals surface area contributed by atoms with Crippen LogP contribution in [0.15, 0.2) is 42.5 Å². The highest BCUT2D eigenvalue weighted by Crippen LogP contribution is 2.23. The van der Waals surface area contributed by atoms with Crippen LogP contribution in [0.5, 0.6) is 5.75 Å². The summed E-state index contributed by atoms with van der Waals surface area (Å²) in [5.74, 6) is 0.510. The third-order valence-corrected chi connectivity index (χ3v) is 3.70. The Balaban J connectivity index is 2.10. The summed E-state index contributed by atoms with van der Waals surface area (Å²) in [6, 6.07) is 12.1. The van der Waals surface area contributed by atoms with Crippen molar-refractivity contribution in [1.82, 2.24) is 5.32 Å². The van der Waals surface area contributed by atoms with E-state index in [4.69, 9.17) is 16.3 Å². The van der Waals surface area contributed by atoms with E-state index in [0.29, 0.717) is 17.2 Å². The Bertz CT molecular complexity index is 603. The highest BCUT2D eigenvalue weighted by Gasteiger charge is 2.15. The Labute approximate surface area is 129 Å². The second kappa shape index (κ2) is 7.43. The third-order valence-electron chi connectivity index (χ3n) is 3.28. The number of benzene rings is 2. The van der Waals surface area contributed by atoms with Crippen LogP contribution in [-0.2, 0) is 0 Å². The van der Waals surface area contributed by atoms with Gasteiger partial charge in [-0.2, -0.15) is 0 Å². The monoisotopic (exact) mass is 307 g/mol. The molecule has 1 unspecified atom stereocenters. The molecule has 0 aliphatic heterocycles. The van der Waals surface area contributed by atoms with Crippen molar-refractivity contribution < 1.29 is 9.13 Å². The first-order valence-electron chi connectivity index (χ1n) is 6.98. The zero-order valence-electron chi connectivity index (χ0n) is 12.2. The number of rotatable bonds is 6. The topological polar surface area (TPSA) is 21.3 Å². The minimum absolute atomic E-state index is 0.188. The van der Waals surface area contributed by atoms with Crippen LogP contribution in [-0.4, -0.2) is 13.2 Å². The van der Waals surface area contributed by atoms with Crippen molar-refractivity contribution in [3.63, 3.8) is 0 Å². The number of likely N-dealkylation sites (N-methyl/N-ethyl adjacent to an activating group) is 1. The van der Waals surface area contributed by atoms with E-state index in [1.54, 1.807) is 18.2 Å². The van der Waals surface area contributed by atoms with Crippen LogP contribution in [0.2, 0.25) is 5.02 Å². The molecule has 0 aliphatic rings. The van der Waals surface area contributed by atoms with E-state index in [-0.39, 0.29) is 11.9 Å². The number of hydrogen-bond donors (Lipinski definition) is 1. The van der Waals surface area contributed by atoms with Crippen LogP contribution in [0.25, 0.3) is 0 Å². The van der Waals surface area contributed by atoms with E-state index < -0.39 is 0 Å². The maximum atomic E-state index is 13.9. The minimum Gasteiger partial charge on any atom is -0.492 e. The molecule has 0 radical (unpaired) electrons. The van der Waals surface area contributed by atoms with Gasteiger partial charge in [-0.25, -0.2) is 4.39 Å². The van der Waals surface area contributed by atoms with Gasteiger partial charge < -0.3 is 10.1 Å². The van der Waals surface area contributed by atoms with Gasteiger partial charge in [0.25, 0.3) is 0 Å². The molecule has 2 aromatic rings. The van der Waals surface area contributed by atoms with Gasteiger partial charge in [0.05, 0.1) is 6.04 Å². The normalized spacial score (nSPS) is 12.2. The highest BCUT2D eigenvalue weighted by atomic mass is 35.5. The first-order chi connectivity index (χ1) is 10.1. The van der Waals surface area contributed by atoms with Crippen LogP contribution in [0.3, 0.4) is 0 Å². The first kappa shape index (κ1) is 15.8. The molecule has 2 aromatic carbocycles. The lowest BCUT2D eigenvalue weighted by atomic mass is 10.1. The molecule has 112 valence electrons. The Morgan fingerprint density at radius 3 is 2.67 bits per heavy atom. The lowest BCUT2D eigenvalue weighted by molar-refractivity contribution is 0.265. The SMILES string of the molecule is CCNC(COc1ccc(Cl)c(C)c1)c1ccccc1F. The van der Waals surface area contributed by atoms with E-state index in [9.17, 15) is 4.39 Å². The van der Waals surface area contributed by atoms with Crippen molar-refractivity contribution in [1.29, 1.82) is 0 Å². The largest absolute Gasteiger partial charge is 0.492 e. The summed E-state index contributed by atoms with van der Waals surface area (Å²) in [6.07, 6.45) is 0. The van der Waals surface area contributed by atoms with Gasteiger partial charge in [-0.15, -0.1) is 0 Å². The molecular formula is C17H19ClFNO. The number of nitrogens with one attached hydrogen (secondary N) is 1. The average Bonchev–Trinajstić information content (AvgIpc) is 2.48. The molecule has 0 aromatic heterocycles. The van der Waals surface area contributed by atoms with Crippen molar-refractivity contribution in [2.75, 3.05) is 13.2 Å². The summed E-state index contributed by atoms with van der Waals surface area (Å²) >= 11 is 5.99. The Morgan fingerprint density at radius 1 is 1.24 bits per heavy atom. The summed E-state index contributed by atoms with van der Waals surface area (Å²) in [5, 5.41) is 3.95. The van der Waals surface area contributed by atoms with Crippen LogP contribution in [0.4, 0.5) is 4.39 Å². The lowest BCUT2D eigenvalue weighted by Crippen LogP contribution is -2.27. The molecule has 1 atom stereocenters. The number of halogens is 2. The molecule has 4 heteroatoms. The minimum atomic E-state index is -0.223. The number of hydrogen-bond acceptors (Lipinski definition) is 2. The van der Waals surface area contributed by atoms with Crippen molar-refractivity contribution in [2.45, 2.75) is 19.9 Å². The zero-order valence-corrected chi connectivity index (χ0v) is 13.0. The van der Waals surface area contributed by atoms with E-state index in [0.717, 1.165) is 17.9 Å². The molecule has 0 spiro atoms. The second-order valence-electron chi connectivity index (χ2n) is 4.85. The van der Waals surface area contributed by atoms with E-state index in [2.05, 4.69) is 5.32 Å². The second-order valence-corrected chi connectivity index (χ2v) is 5.26. The average molecular weight is 308 g/mol. The molecule has 0 fully saturated rings. The number of ether oxygens (including phenoxy) is 1. The first-order valence-corrected chi connectivity index (χ1v) is 7.36. The molecule has 0 heterocycles. The van der Waals surface area contributed by atoms with Gasteiger partial charge in [0.15, 0.2) is 0 Å². The molecule has 0 aliphatic carbocycles. The van der Waals surface area contributed by atoms with Gasteiger partial charge in [0.1, 0.15) is 18.2 Å². The molecule has 0 saturated heterocycles. The molecule has 2 rings (SSSR count). The maximum Gasteiger partial charge on any atom is 0.128 e. The van der Waals surface area contributed by atoms with Crippen LogP contribution < -0.4 is 10.1 Å². The zero-order chi connectivity index (χ0) is 15.2. The Morgan fingerprint density at radius 2 is 2.00 bits per heavy atom. The van der Waals surface area contributed by atoms with E-state index >= 15 is 0 Å². The summed E-state index contributed by atoms with van der Waals surface area (Å²) in [6.45, 7) is 5.01. The lowest BCUT2D eigenvalue weighted by Gasteiger charge is -2.19. The fraction of sp³-hybridized carbons (Fsp3) is 0.294. The molecule has 2 nitrogen and oxygen atoms in total. The molecule has 0 amide bonds. The smallest absolute Gasteiger partial charge is 0.128 e. The standard InChI is InChI=1S/C17H19ClFNO/c1-3-20-17(14-6-4-5-7-16(14)19)11-21-13-8-9-15(18)12(2)10-13/h4-10,17,20H,3,11H2,1-2H3. The fourth-order valence-electron chi connectivity index (χ4n) is 2.15. The van der Waals surface area contributed by atoms with Crippen molar-refractivity contribution in [3.8, 4) is 5.75 Å². The third kappa shape index (κ3) is 4.19. The fourth-order valence-corrected chi connectivity index (χ4v) is 2.27. The van der Waals surface area contributed by atoms with Gasteiger partial charge in [-0.05, 0) is 43.3 Å². The summed E-state index contributed by atoms with van der Waals surface area (Å²) in [7, 11) is 0. The van der Waals surface area contributed by atoms with Crippen LogP contribution in [0.1, 0.15) is 24.1 Å². The maximum absolute atomic E-state index is 13.9.